The molecule has 0 amide bonds. The Morgan fingerprint density at radius 3 is 2.52 bits per heavy atom. The zero-order chi connectivity index (χ0) is 15.1. The number of nitrogens with zero attached hydrogens (tertiary/aromatic N) is 1. The van der Waals surface area contributed by atoms with Gasteiger partial charge in [0.1, 0.15) is 0 Å². The third kappa shape index (κ3) is 2.74. The molecule has 0 unspecified atom stereocenters. The number of rotatable bonds is 4. The third-order valence-electron chi connectivity index (χ3n) is 4.61. The van der Waals surface area contributed by atoms with E-state index in [2.05, 4.69) is 0 Å². The summed E-state index contributed by atoms with van der Waals surface area (Å²) in [6.07, 6.45) is 5.87. The number of hydrogen-bond donors (Lipinski definition) is 1. The Morgan fingerprint density at radius 2 is 1.86 bits per heavy atom. The maximum Gasteiger partial charge on any atom is 0.243 e. The number of β-amino-alcohol motifs (C(OH)–C–C–N with tert-alkyl or cyclic N) is 1. The van der Waals surface area contributed by atoms with Crippen LogP contribution in [-0.4, -0.2) is 36.5 Å². The van der Waals surface area contributed by atoms with Gasteiger partial charge < -0.3 is 5.11 Å². The summed E-state index contributed by atoms with van der Waals surface area (Å²) in [5.41, 5.74) is 1.63. The lowest BCUT2D eigenvalue weighted by molar-refractivity contribution is -0.0653. The smallest absolute Gasteiger partial charge is 0.243 e. The summed E-state index contributed by atoms with van der Waals surface area (Å²) >= 11 is 0. The fourth-order valence-electron chi connectivity index (χ4n) is 3.42. The Labute approximate surface area is 126 Å². The zero-order valence-electron chi connectivity index (χ0n) is 12.5. The van der Waals surface area contributed by atoms with Crippen LogP contribution in [0.5, 0.6) is 0 Å². The molecule has 2 aliphatic rings. The van der Waals surface area contributed by atoms with E-state index in [0.29, 0.717) is 11.3 Å². The molecule has 1 saturated heterocycles. The van der Waals surface area contributed by atoms with Gasteiger partial charge in [0.15, 0.2) is 0 Å². The van der Waals surface area contributed by atoms with Crippen LogP contribution in [0.4, 0.5) is 0 Å². The molecule has 4 nitrogen and oxygen atoms in total. The fraction of sp³-hybridized carbons (Fsp3) is 0.625. The number of aliphatic hydroxyl groups is 1. The van der Waals surface area contributed by atoms with Crippen molar-refractivity contribution in [3.8, 4) is 0 Å². The Kier molecular flexibility index (Phi) is 3.84. The van der Waals surface area contributed by atoms with Crippen LogP contribution in [0.25, 0.3) is 0 Å². The number of sulfonamides is 1. The van der Waals surface area contributed by atoms with Gasteiger partial charge in [0.05, 0.1) is 10.5 Å². The summed E-state index contributed by atoms with van der Waals surface area (Å²) in [7, 11) is -3.45. The molecular weight excluding hydrogens is 286 g/mol. The van der Waals surface area contributed by atoms with Gasteiger partial charge in [-0.05, 0) is 55.4 Å². The number of benzene rings is 1. The molecule has 1 heterocycles. The van der Waals surface area contributed by atoms with Crippen molar-refractivity contribution in [1.29, 1.82) is 0 Å². The molecule has 3 rings (SSSR count). The second kappa shape index (κ2) is 5.38. The molecular formula is C16H23NO3S. The van der Waals surface area contributed by atoms with E-state index in [9.17, 15) is 13.5 Å². The number of fused-ring (bicyclic) bond motifs is 1. The molecule has 21 heavy (non-hydrogen) atoms. The number of hydrogen-bond acceptors (Lipinski definition) is 3. The molecule has 1 N–H and O–H groups in total. The largest absolute Gasteiger partial charge is 0.387 e. The molecule has 0 saturated carbocycles. The van der Waals surface area contributed by atoms with E-state index < -0.39 is 15.6 Å². The minimum absolute atomic E-state index is 0.222. The van der Waals surface area contributed by atoms with Crippen LogP contribution < -0.4 is 0 Å². The van der Waals surface area contributed by atoms with Gasteiger partial charge in [-0.25, -0.2) is 8.42 Å². The predicted octanol–water partition coefficient (Wildman–Crippen LogP) is 2.10. The summed E-state index contributed by atoms with van der Waals surface area (Å²) in [4.78, 5) is 0.377. The molecule has 0 spiro atoms. The van der Waals surface area contributed by atoms with Crippen LogP contribution in [0, 0.1) is 0 Å². The highest BCUT2D eigenvalue weighted by Gasteiger charge is 2.46. The SMILES string of the molecule is CCCC1(O)CN(S(=O)(=O)c2ccc3c(c2)CCCC3)C1. The van der Waals surface area contributed by atoms with Gasteiger partial charge in [-0.1, -0.05) is 19.4 Å². The van der Waals surface area contributed by atoms with Crippen LogP contribution in [0.15, 0.2) is 23.1 Å². The summed E-state index contributed by atoms with van der Waals surface area (Å²) in [5, 5.41) is 10.2. The average Bonchev–Trinajstić information content (AvgIpc) is 2.44. The van der Waals surface area contributed by atoms with E-state index in [1.54, 1.807) is 6.07 Å². The van der Waals surface area contributed by atoms with Gasteiger partial charge >= 0.3 is 0 Å². The zero-order valence-corrected chi connectivity index (χ0v) is 13.3. The van der Waals surface area contributed by atoms with Crippen LogP contribution in [0.3, 0.4) is 0 Å². The maximum atomic E-state index is 12.6. The van der Waals surface area contributed by atoms with Crippen molar-refractivity contribution in [3.05, 3.63) is 29.3 Å². The monoisotopic (exact) mass is 309 g/mol. The quantitative estimate of drug-likeness (QED) is 0.926. The van der Waals surface area contributed by atoms with Crippen molar-refractivity contribution in [2.24, 2.45) is 0 Å². The van der Waals surface area contributed by atoms with Crippen molar-refractivity contribution in [2.45, 2.75) is 55.9 Å². The summed E-state index contributed by atoms with van der Waals surface area (Å²) < 4.78 is 26.6. The standard InChI is InChI=1S/C16H23NO3S/c1-2-9-16(18)11-17(12-16)21(19,20)15-8-7-13-5-3-4-6-14(13)10-15/h7-8,10,18H,2-6,9,11-12H2,1H3. The Hall–Kier alpha value is -0.910. The van der Waals surface area contributed by atoms with Crippen molar-refractivity contribution in [2.75, 3.05) is 13.1 Å². The Balaban J connectivity index is 1.80. The van der Waals surface area contributed by atoms with Crippen LogP contribution in [-0.2, 0) is 22.9 Å². The van der Waals surface area contributed by atoms with Crippen molar-refractivity contribution in [3.63, 3.8) is 0 Å². The van der Waals surface area contributed by atoms with Crippen LogP contribution in [0.1, 0.15) is 43.7 Å². The summed E-state index contributed by atoms with van der Waals surface area (Å²) in [6, 6.07) is 5.51. The first-order valence-corrected chi connectivity index (χ1v) is 9.23. The first-order chi connectivity index (χ1) is 9.94. The molecule has 0 radical (unpaired) electrons. The van der Waals surface area contributed by atoms with Gasteiger partial charge in [0.25, 0.3) is 0 Å². The number of aryl methyl sites for hydroxylation is 2. The molecule has 0 aromatic heterocycles. The van der Waals surface area contributed by atoms with Gasteiger partial charge in [-0.15, -0.1) is 0 Å². The first kappa shape index (κ1) is 15.0. The van der Waals surface area contributed by atoms with Crippen molar-refractivity contribution in [1.82, 2.24) is 4.31 Å². The molecule has 0 atom stereocenters. The molecule has 1 aliphatic heterocycles. The molecule has 1 aliphatic carbocycles. The first-order valence-electron chi connectivity index (χ1n) is 7.79. The topological polar surface area (TPSA) is 57.6 Å². The lowest BCUT2D eigenvalue weighted by atomic mass is 9.92. The van der Waals surface area contributed by atoms with Crippen LogP contribution in [0.2, 0.25) is 0 Å². The predicted molar refractivity (Wildman–Crippen MR) is 81.7 cm³/mol. The minimum atomic E-state index is -3.45. The molecule has 116 valence electrons. The highest BCUT2D eigenvalue weighted by Crippen LogP contribution is 2.32. The Morgan fingerprint density at radius 1 is 1.19 bits per heavy atom. The molecule has 5 heteroatoms. The highest BCUT2D eigenvalue weighted by atomic mass is 32.2. The maximum absolute atomic E-state index is 12.6. The molecule has 1 aromatic rings. The van der Waals surface area contributed by atoms with Crippen LogP contribution >= 0.6 is 0 Å². The van der Waals surface area contributed by atoms with E-state index in [4.69, 9.17) is 0 Å². The van der Waals surface area contributed by atoms with Gasteiger partial charge in [-0.2, -0.15) is 4.31 Å². The third-order valence-corrected chi connectivity index (χ3v) is 6.40. The average molecular weight is 309 g/mol. The van der Waals surface area contributed by atoms with E-state index in [-0.39, 0.29) is 13.1 Å². The van der Waals surface area contributed by atoms with Gasteiger partial charge in [0, 0.05) is 13.1 Å². The molecule has 1 aromatic carbocycles. The van der Waals surface area contributed by atoms with Crippen molar-refractivity contribution < 1.29 is 13.5 Å². The lowest BCUT2D eigenvalue weighted by Gasteiger charge is -2.45. The van der Waals surface area contributed by atoms with Crippen molar-refractivity contribution >= 4 is 10.0 Å². The van der Waals surface area contributed by atoms with E-state index in [0.717, 1.165) is 25.7 Å². The Bertz CT molecular complexity index is 633. The van der Waals surface area contributed by atoms with E-state index in [1.165, 1.54) is 21.9 Å². The summed E-state index contributed by atoms with van der Waals surface area (Å²) in [6.45, 7) is 2.44. The normalized spacial score (nSPS) is 21.6. The molecule has 0 bridgehead atoms. The van der Waals surface area contributed by atoms with E-state index in [1.807, 2.05) is 19.1 Å². The summed E-state index contributed by atoms with van der Waals surface area (Å²) in [5.74, 6) is 0. The van der Waals surface area contributed by atoms with E-state index >= 15 is 0 Å². The minimum Gasteiger partial charge on any atom is -0.387 e. The van der Waals surface area contributed by atoms with Gasteiger partial charge in [0.2, 0.25) is 10.0 Å². The second-order valence-electron chi connectivity index (χ2n) is 6.39. The highest BCUT2D eigenvalue weighted by molar-refractivity contribution is 7.89. The lowest BCUT2D eigenvalue weighted by Crippen LogP contribution is -2.63. The molecule has 1 fully saturated rings. The van der Waals surface area contributed by atoms with Gasteiger partial charge in [-0.3, -0.25) is 0 Å². The fourth-order valence-corrected chi connectivity index (χ4v) is 5.07. The second-order valence-corrected chi connectivity index (χ2v) is 8.32.